The number of aliphatic carboxylic acids is 1. The number of fused-ring (bicyclic) bond motifs is 1. The van der Waals surface area contributed by atoms with E-state index < -0.39 is 59.7 Å². The van der Waals surface area contributed by atoms with Gasteiger partial charge in [-0.25, -0.2) is 4.98 Å². The number of nitrogens with zero attached hydrogens (tertiary/aromatic N) is 3. The van der Waals surface area contributed by atoms with Crippen molar-refractivity contribution < 1.29 is 38.7 Å². The highest BCUT2D eigenvalue weighted by Gasteiger charge is 2.51. The summed E-state index contributed by atoms with van der Waals surface area (Å²) >= 11 is 0. The van der Waals surface area contributed by atoms with Crippen LogP contribution in [-0.4, -0.2) is 79.5 Å². The van der Waals surface area contributed by atoms with Crippen LogP contribution in [0.1, 0.15) is 102 Å². The van der Waals surface area contributed by atoms with Gasteiger partial charge in [0.15, 0.2) is 17.3 Å². The summed E-state index contributed by atoms with van der Waals surface area (Å²) < 4.78 is 0. The number of carboxylic acid groups (broad SMARTS) is 1. The molecule has 4 unspecified atom stereocenters. The van der Waals surface area contributed by atoms with Crippen LogP contribution in [0.3, 0.4) is 0 Å². The van der Waals surface area contributed by atoms with Crippen molar-refractivity contribution in [1.82, 2.24) is 20.2 Å². The van der Waals surface area contributed by atoms with E-state index in [0.29, 0.717) is 13.0 Å². The minimum absolute atomic E-state index is 0.0955. The maximum absolute atomic E-state index is 14.4. The number of carbonyl (C=O) groups excluding carboxylic acids is 6. The van der Waals surface area contributed by atoms with Crippen LogP contribution in [0.25, 0.3) is 0 Å². The van der Waals surface area contributed by atoms with E-state index in [2.05, 4.69) is 15.3 Å². The van der Waals surface area contributed by atoms with Crippen molar-refractivity contribution in [3.05, 3.63) is 60.2 Å². The monoisotopic (exact) mass is 730 g/mol. The molecule has 286 valence electrons. The zero-order valence-corrected chi connectivity index (χ0v) is 31.5. The molecule has 0 bridgehead atoms. The van der Waals surface area contributed by atoms with Crippen LogP contribution in [0, 0.1) is 41.4 Å². The first kappa shape index (κ1) is 41.2. The number of carbonyl (C=O) groups is 7. The van der Waals surface area contributed by atoms with Crippen LogP contribution in [0.5, 0.6) is 0 Å². The van der Waals surface area contributed by atoms with Crippen molar-refractivity contribution in [3.63, 3.8) is 0 Å². The Hall–Kier alpha value is -4.61. The van der Waals surface area contributed by atoms with Crippen molar-refractivity contribution in [2.45, 2.75) is 104 Å². The van der Waals surface area contributed by atoms with Gasteiger partial charge in [-0.05, 0) is 54.9 Å². The van der Waals surface area contributed by atoms with E-state index in [0.717, 1.165) is 24.8 Å². The highest BCUT2D eigenvalue weighted by atomic mass is 16.4. The Morgan fingerprint density at radius 2 is 1.62 bits per heavy atom. The molecule has 12 nitrogen and oxygen atoms in total. The second kappa shape index (κ2) is 18.9. The summed E-state index contributed by atoms with van der Waals surface area (Å²) in [6, 6.07) is 7.14. The lowest BCUT2D eigenvalue weighted by atomic mass is 9.83. The van der Waals surface area contributed by atoms with Gasteiger partial charge in [-0.2, -0.15) is 0 Å². The lowest BCUT2D eigenvalue weighted by molar-refractivity contribution is -0.147. The first-order valence-electron chi connectivity index (χ1n) is 19.0. The summed E-state index contributed by atoms with van der Waals surface area (Å²) in [5.41, 5.74) is 0.895. The van der Waals surface area contributed by atoms with Gasteiger partial charge in [0, 0.05) is 50.0 Å². The second-order valence-corrected chi connectivity index (χ2v) is 15.5. The summed E-state index contributed by atoms with van der Waals surface area (Å²) in [5, 5.41) is 12.8. The number of ketones is 4. The van der Waals surface area contributed by atoms with Crippen molar-refractivity contribution in [2.24, 2.45) is 41.4 Å². The Morgan fingerprint density at radius 3 is 2.23 bits per heavy atom. The molecule has 1 aliphatic heterocycles. The van der Waals surface area contributed by atoms with Crippen molar-refractivity contribution in [2.75, 3.05) is 6.54 Å². The van der Waals surface area contributed by atoms with Gasteiger partial charge in [-0.1, -0.05) is 77.8 Å². The van der Waals surface area contributed by atoms with Crippen LogP contribution >= 0.6 is 0 Å². The number of amides is 2. The Morgan fingerprint density at radius 1 is 0.906 bits per heavy atom. The molecule has 1 saturated heterocycles. The molecular weight excluding hydrogens is 676 g/mol. The van der Waals surface area contributed by atoms with E-state index in [1.165, 1.54) is 18.6 Å². The molecule has 12 heteroatoms. The number of nitrogens with one attached hydrogen (secondary N) is 1. The molecule has 2 heterocycles. The van der Waals surface area contributed by atoms with Gasteiger partial charge in [-0.3, -0.25) is 38.5 Å². The fourth-order valence-electron chi connectivity index (χ4n) is 8.01. The summed E-state index contributed by atoms with van der Waals surface area (Å²) in [6.45, 7) is 9.50. The molecule has 2 fully saturated rings. The van der Waals surface area contributed by atoms with Crippen molar-refractivity contribution in [3.8, 4) is 0 Å². The predicted octanol–water partition coefficient (Wildman–Crippen LogP) is 4.94. The number of likely N-dealkylation sites (tertiary alicyclic amines) is 1. The molecule has 7 atom stereocenters. The summed E-state index contributed by atoms with van der Waals surface area (Å²) in [5.74, 6) is -7.49. The molecular formula is C41H54N4O8. The molecule has 2 aliphatic rings. The van der Waals surface area contributed by atoms with Gasteiger partial charge < -0.3 is 15.3 Å². The number of hydrogen-bond donors (Lipinski definition) is 2. The van der Waals surface area contributed by atoms with Gasteiger partial charge in [0.2, 0.25) is 17.6 Å². The van der Waals surface area contributed by atoms with E-state index >= 15 is 0 Å². The lowest BCUT2D eigenvalue weighted by Gasteiger charge is -2.33. The number of rotatable bonds is 20. The Labute approximate surface area is 311 Å². The third-order valence-electron chi connectivity index (χ3n) is 11.0. The first-order chi connectivity index (χ1) is 25.2. The van der Waals surface area contributed by atoms with E-state index in [1.807, 2.05) is 40.7 Å². The molecule has 1 aromatic heterocycles. The van der Waals surface area contributed by atoms with Crippen LogP contribution in [0.2, 0.25) is 0 Å². The maximum Gasteiger partial charge on any atom is 0.307 e. The van der Waals surface area contributed by atoms with Crippen LogP contribution in [-0.2, 0) is 35.2 Å². The highest BCUT2D eigenvalue weighted by molar-refractivity contribution is 6.38. The average molecular weight is 731 g/mol. The normalized spacial score (nSPS) is 20.4. The number of carboxylic acids is 1. The number of hydrogen-bond acceptors (Lipinski definition) is 9. The molecule has 4 rings (SSSR count). The third kappa shape index (κ3) is 10.5. The Bertz CT molecular complexity index is 1630. The highest BCUT2D eigenvalue weighted by Crippen LogP contribution is 2.43. The third-order valence-corrected chi connectivity index (χ3v) is 11.0. The zero-order valence-electron chi connectivity index (χ0n) is 31.5. The SMILES string of the molecule is CCCC(CC(=O)C1[C@H]2CCCC2CN1C(=O)C(NC(=O)[C@H](CC(=O)c1cnccn1)C(C)C)C(C)C)C(=O)C(=O)C[C@@H](Cc1ccccc1)C(=O)O. The Balaban J connectivity index is 1.50. The average Bonchev–Trinajstić information content (AvgIpc) is 3.74. The largest absolute Gasteiger partial charge is 0.481 e. The van der Waals surface area contributed by atoms with E-state index in [9.17, 15) is 38.7 Å². The topological polar surface area (TPSA) is 181 Å². The van der Waals surface area contributed by atoms with Gasteiger partial charge in [0.1, 0.15) is 11.7 Å². The molecule has 1 saturated carbocycles. The standard InChI is InChI=1S/C41H54N4O8/c1-6-11-27(38(49)35(48)20-29(41(52)53)18-26-12-8-7-9-13-26)19-34(47)37-30-15-10-14-28(30)23-45(37)40(51)36(25(4)5)44-39(50)31(24(2)3)21-33(46)32-22-42-16-17-43-32/h7-9,12-13,16-17,22,24-25,27-31,36-37H,6,10-11,14-15,18-21,23H2,1-5H3,(H,44,50)(H,52,53)/t27?,28?,29-,30+,31-,36?,37?/m1/s1. The fourth-order valence-corrected chi connectivity index (χ4v) is 8.01. The van der Waals surface area contributed by atoms with Crippen molar-refractivity contribution >= 4 is 40.9 Å². The molecule has 1 aromatic carbocycles. The van der Waals surface area contributed by atoms with Crippen molar-refractivity contribution in [1.29, 1.82) is 0 Å². The lowest BCUT2D eigenvalue weighted by Crippen LogP contribution is -2.56. The fraction of sp³-hybridized carbons (Fsp3) is 0.585. The quantitative estimate of drug-likeness (QED) is 0.140. The number of benzene rings is 1. The molecule has 0 radical (unpaired) electrons. The van der Waals surface area contributed by atoms with Gasteiger partial charge in [0.05, 0.1) is 18.2 Å². The summed E-state index contributed by atoms with van der Waals surface area (Å²) in [6.07, 6.45) is 6.82. The van der Waals surface area contributed by atoms with Gasteiger partial charge >= 0.3 is 5.97 Å². The minimum Gasteiger partial charge on any atom is -0.481 e. The molecule has 2 aromatic rings. The molecule has 53 heavy (non-hydrogen) atoms. The van der Waals surface area contributed by atoms with E-state index in [4.69, 9.17) is 0 Å². The summed E-state index contributed by atoms with van der Waals surface area (Å²) in [7, 11) is 0. The smallest absolute Gasteiger partial charge is 0.307 e. The van der Waals surface area contributed by atoms with Gasteiger partial charge in [0.25, 0.3) is 0 Å². The number of Topliss-reactive ketones (excluding diaryl/α,β-unsaturated/α-hetero) is 4. The number of aromatic nitrogens is 2. The molecule has 0 spiro atoms. The van der Waals surface area contributed by atoms with E-state index in [-0.39, 0.29) is 72.5 Å². The second-order valence-electron chi connectivity index (χ2n) is 15.5. The van der Waals surface area contributed by atoms with Crippen LogP contribution in [0.15, 0.2) is 48.9 Å². The molecule has 2 amide bonds. The van der Waals surface area contributed by atoms with Crippen LogP contribution < -0.4 is 5.32 Å². The van der Waals surface area contributed by atoms with E-state index in [1.54, 1.807) is 29.2 Å². The maximum atomic E-state index is 14.4. The minimum atomic E-state index is -1.17. The molecule has 1 aliphatic carbocycles. The summed E-state index contributed by atoms with van der Waals surface area (Å²) in [4.78, 5) is 104. The molecule has 2 N–H and O–H groups in total. The van der Waals surface area contributed by atoms with Gasteiger partial charge in [-0.15, -0.1) is 0 Å². The van der Waals surface area contributed by atoms with Crippen LogP contribution in [0.4, 0.5) is 0 Å². The zero-order chi connectivity index (χ0) is 38.8. The predicted molar refractivity (Wildman–Crippen MR) is 196 cm³/mol. The Kier molecular flexibility index (Phi) is 14.7. The first-order valence-corrected chi connectivity index (χ1v) is 19.0.